The van der Waals surface area contributed by atoms with Crippen molar-refractivity contribution < 1.29 is 19.0 Å². The van der Waals surface area contributed by atoms with E-state index in [2.05, 4.69) is 25.9 Å². The van der Waals surface area contributed by atoms with Crippen LogP contribution in [0.15, 0.2) is 35.2 Å². The lowest BCUT2D eigenvalue weighted by Gasteiger charge is -2.06. The van der Waals surface area contributed by atoms with Crippen LogP contribution in [0, 0.1) is 5.82 Å². The number of halogens is 2. The zero-order chi connectivity index (χ0) is 13.1. The van der Waals surface area contributed by atoms with Gasteiger partial charge in [-0.15, -0.1) is 0 Å². The summed E-state index contributed by atoms with van der Waals surface area (Å²) in [6, 6.07) is 2.62. The first-order valence-electron chi connectivity index (χ1n) is 4.74. The monoisotopic (exact) mass is 312 g/mol. The van der Waals surface area contributed by atoms with E-state index >= 15 is 0 Å². The van der Waals surface area contributed by atoms with Crippen molar-refractivity contribution in [3.8, 4) is 11.6 Å². The van der Waals surface area contributed by atoms with E-state index in [9.17, 15) is 9.18 Å². The zero-order valence-corrected chi connectivity index (χ0v) is 10.4. The maximum absolute atomic E-state index is 13.7. The molecule has 7 heteroatoms. The Bertz CT molecular complexity index is 607. The molecule has 2 rings (SSSR count). The van der Waals surface area contributed by atoms with Gasteiger partial charge in [0.15, 0.2) is 5.82 Å². The highest BCUT2D eigenvalue weighted by molar-refractivity contribution is 9.10. The van der Waals surface area contributed by atoms with Crippen LogP contribution in [0.2, 0.25) is 0 Å². The molecule has 0 radical (unpaired) electrons. The molecule has 0 aliphatic heterocycles. The highest BCUT2D eigenvalue weighted by Crippen LogP contribution is 2.25. The topological polar surface area (TPSA) is 72.3 Å². The number of hydrogen-bond acceptors (Lipinski definition) is 4. The SMILES string of the molecule is O=C(O)c1ccnc(Oc2cncc(Br)c2)c1F. The van der Waals surface area contributed by atoms with Gasteiger partial charge in [-0.3, -0.25) is 4.98 Å². The Morgan fingerprint density at radius 1 is 1.44 bits per heavy atom. The van der Waals surface area contributed by atoms with E-state index in [1.54, 1.807) is 6.07 Å². The Hall–Kier alpha value is -2.02. The van der Waals surface area contributed by atoms with Gasteiger partial charge >= 0.3 is 5.97 Å². The smallest absolute Gasteiger partial charge is 0.338 e. The molecule has 0 saturated carbocycles. The molecule has 0 amide bonds. The highest BCUT2D eigenvalue weighted by Gasteiger charge is 2.16. The van der Waals surface area contributed by atoms with E-state index in [1.807, 2.05) is 0 Å². The molecule has 2 heterocycles. The quantitative estimate of drug-likeness (QED) is 0.943. The molecule has 0 unspecified atom stereocenters. The molecule has 0 atom stereocenters. The molecule has 0 saturated heterocycles. The Kier molecular flexibility index (Phi) is 3.52. The minimum absolute atomic E-state index is 0.248. The van der Waals surface area contributed by atoms with Gasteiger partial charge in [0, 0.05) is 16.9 Å². The van der Waals surface area contributed by atoms with E-state index in [-0.39, 0.29) is 5.75 Å². The van der Waals surface area contributed by atoms with Crippen LogP contribution in [-0.4, -0.2) is 21.0 Å². The molecule has 2 aromatic heterocycles. The van der Waals surface area contributed by atoms with Crippen LogP contribution in [0.5, 0.6) is 11.6 Å². The van der Waals surface area contributed by atoms with Crippen LogP contribution < -0.4 is 4.74 Å². The average molecular weight is 313 g/mol. The summed E-state index contributed by atoms with van der Waals surface area (Å²) in [6.45, 7) is 0. The molecule has 1 N–H and O–H groups in total. The van der Waals surface area contributed by atoms with Crippen LogP contribution >= 0.6 is 15.9 Å². The van der Waals surface area contributed by atoms with Crippen molar-refractivity contribution >= 4 is 21.9 Å². The Balaban J connectivity index is 2.35. The Labute approximate surface area is 109 Å². The number of carboxylic acids is 1. The van der Waals surface area contributed by atoms with Gasteiger partial charge in [0.2, 0.25) is 0 Å². The van der Waals surface area contributed by atoms with Crippen LogP contribution in [0.25, 0.3) is 0 Å². The molecule has 0 bridgehead atoms. The first-order valence-corrected chi connectivity index (χ1v) is 5.53. The van der Waals surface area contributed by atoms with Crippen molar-refractivity contribution in [3.05, 3.63) is 46.6 Å². The molecule has 0 aliphatic rings. The first-order chi connectivity index (χ1) is 8.58. The fourth-order valence-corrected chi connectivity index (χ4v) is 1.56. The highest BCUT2D eigenvalue weighted by atomic mass is 79.9. The fourth-order valence-electron chi connectivity index (χ4n) is 1.22. The molecule has 2 aromatic rings. The van der Waals surface area contributed by atoms with E-state index in [0.29, 0.717) is 4.47 Å². The lowest BCUT2D eigenvalue weighted by molar-refractivity contribution is 0.0690. The lowest BCUT2D eigenvalue weighted by Crippen LogP contribution is -2.03. The third-order valence-corrected chi connectivity index (χ3v) is 2.42. The van der Waals surface area contributed by atoms with Gasteiger partial charge in [-0.1, -0.05) is 0 Å². The average Bonchev–Trinajstić information content (AvgIpc) is 2.31. The summed E-state index contributed by atoms with van der Waals surface area (Å²) in [6.07, 6.45) is 4.05. The minimum Gasteiger partial charge on any atom is -0.478 e. The number of carboxylic acid groups (broad SMARTS) is 1. The van der Waals surface area contributed by atoms with Gasteiger partial charge in [0.1, 0.15) is 11.3 Å². The van der Waals surface area contributed by atoms with E-state index in [1.165, 1.54) is 12.4 Å². The molecule has 0 spiro atoms. The maximum Gasteiger partial charge on any atom is 0.338 e. The normalized spacial score (nSPS) is 10.1. The van der Waals surface area contributed by atoms with Gasteiger partial charge in [0.25, 0.3) is 5.88 Å². The summed E-state index contributed by atoms with van der Waals surface area (Å²) in [4.78, 5) is 18.2. The van der Waals surface area contributed by atoms with Crippen molar-refractivity contribution in [2.45, 2.75) is 0 Å². The van der Waals surface area contributed by atoms with Gasteiger partial charge in [0.05, 0.1) is 6.20 Å². The predicted octanol–water partition coefficient (Wildman–Crippen LogP) is 2.87. The third kappa shape index (κ3) is 2.62. The van der Waals surface area contributed by atoms with Crippen LogP contribution in [0.4, 0.5) is 4.39 Å². The van der Waals surface area contributed by atoms with Crippen LogP contribution in [0.3, 0.4) is 0 Å². The molecular formula is C11H6BrFN2O3. The molecule has 92 valence electrons. The van der Waals surface area contributed by atoms with Crippen molar-refractivity contribution in [2.24, 2.45) is 0 Å². The maximum atomic E-state index is 13.7. The second-order valence-corrected chi connectivity index (χ2v) is 4.14. The van der Waals surface area contributed by atoms with Crippen molar-refractivity contribution in [3.63, 3.8) is 0 Å². The molecule has 0 fully saturated rings. The Morgan fingerprint density at radius 3 is 2.89 bits per heavy atom. The number of pyridine rings is 2. The third-order valence-electron chi connectivity index (χ3n) is 1.98. The number of carbonyl (C=O) groups is 1. The van der Waals surface area contributed by atoms with Gasteiger partial charge in [-0.25, -0.2) is 14.2 Å². The summed E-state index contributed by atoms with van der Waals surface area (Å²) < 4.78 is 19.5. The summed E-state index contributed by atoms with van der Waals surface area (Å²) in [5, 5.41) is 8.76. The lowest BCUT2D eigenvalue weighted by atomic mass is 10.2. The molecule has 18 heavy (non-hydrogen) atoms. The number of aromatic carboxylic acids is 1. The van der Waals surface area contributed by atoms with Crippen molar-refractivity contribution in [2.75, 3.05) is 0 Å². The Morgan fingerprint density at radius 2 is 2.22 bits per heavy atom. The van der Waals surface area contributed by atoms with Crippen LogP contribution in [0.1, 0.15) is 10.4 Å². The van der Waals surface area contributed by atoms with E-state index in [4.69, 9.17) is 9.84 Å². The van der Waals surface area contributed by atoms with Crippen molar-refractivity contribution in [1.82, 2.24) is 9.97 Å². The number of nitrogens with zero attached hydrogens (tertiary/aromatic N) is 2. The number of rotatable bonds is 3. The first kappa shape index (κ1) is 12.4. The summed E-state index contributed by atoms with van der Waals surface area (Å²) in [5.74, 6) is -2.56. The summed E-state index contributed by atoms with van der Waals surface area (Å²) in [5.41, 5.74) is -0.497. The molecular weight excluding hydrogens is 307 g/mol. The van der Waals surface area contributed by atoms with Gasteiger partial charge in [-0.2, -0.15) is 0 Å². The predicted molar refractivity (Wildman–Crippen MR) is 63.2 cm³/mol. The van der Waals surface area contributed by atoms with Crippen molar-refractivity contribution in [1.29, 1.82) is 0 Å². The van der Waals surface area contributed by atoms with E-state index in [0.717, 1.165) is 12.3 Å². The number of aromatic nitrogens is 2. The van der Waals surface area contributed by atoms with Gasteiger partial charge < -0.3 is 9.84 Å². The second kappa shape index (κ2) is 5.09. The van der Waals surface area contributed by atoms with Gasteiger partial charge in [-0.05, 0) is 28.1 Å². The molecule has 0 aromatic carbocycles. The summed E-state index contributed by atoms with van der Waals surface area (Å²) in [7, 11) is 0. The van der Waals surface area contributed by atoms with Crippen LogP contribution in [-0.2, 0) is 0 Å². The number of hydrogen-bond donors (Lipinski definition) is 1. The van der Waals surface area contributed by atoms with E-state index < -0.39 is 23.2 Å². The fraction of sp³-hybridized carbons (Fsp3) is 0. The standard InChI is InChI=1S/C11H6BrFN2O3/c12-6-3-7(5-14-4-6)18-10-9(13)8(11(16)17)1-2-15-10/h1-5H,(H,16,17). The second-order valence-electron chi connectivity index (χ2n) is 3.22. The minimum atomic E-state index is -1.38. The molecule has 5 nitrogen and oxygen atoms in total. The molecule has 0 aliphatic carbocycles. The number of ether oxygens (including phenoxy) is 1. The zero-order valence-electron chi connectivity index (χ0n) is 8.80. The summed E-state index contributed by atoms with van der Waals surface area (Å²) >= 11 is 3.18. The largest absolute Gasteiger partial charge is 0.478 e.